The standard InChI is InChI=1S/C27H35N3O4/c1-18(2)14-22(24(31)27(3)17-34-27)29-26(33)23(16-20-12-8-5-9-13-20)30-25(32)21(28)15-19-10-6-4-7-11-19/h4-13,18,21-23H,14-17,28H2,1-3H3,(H,29,33)(H,30,32). The lowest BCUT2D eigenvalue weighted by Gasteiger charge is -2.26. The van der Waals surface area contributed by atoms with Crippen LogP contribution >= 0.6 is 0 Å². The molecular formula is C27H35N3O4. The second-order valence-corrected chi connectivity index (χ2v) is 9.62. The van der Waals surface area contributed by atoms with Crippen LogP contribution in [0.25, 0.3) is 0 Å². The number of carbonyl (C=O) groups is 3. The van der Waals surface area contributed by atoms with Gasteiger partial charge in [0.05, 0.1) is 18.7 Å². The molecule has 4 unspecified atom stereocenters. The Hall–Kier alpha value is -3.03. The van der Waals surface area contributed by atoms with Gasteiger partial charge in [-0.25, -0.2) is 0 Å². The number of ketones is 1. The maximum Gasteiger partial charge on any atom is 0.243 e. The largest absolute Gasteiger partial charge is 0.361 e. The van der Waals surface area contributed by atoms with Crippen molar-refractivity contribution in [2.45, 2.75) is 63.8 Å². The monoisotopic (exact) mass is 465 g/mol. The van der Waals surface area contributed by atoms with Crippen LogP contribution in [0.2, 0.25) is 0 Å². The van der Waals surface area contributed by atoms with Gasteiger partial charge in [0, 0.05) is 6.42 Å². The molecule has 1 saturated heterocycles. The highest BCUT2D eigenvalue weighted by Crippen LogP contribution is 2.29. The molecule has 2 aromatic carbocycles. The predicted octanol–water partition coefficient (Wildman–Crippen LogP) is 2.17. The summed E-state index contributed by atoms with van der Waals surface area (Å²) in [6.45, 7) is 6.08. The molecule has 0 spiro atoms. The first-order chi connectivity index (χ1) is 16.2. The van der Waals surface area contributed by atoms with Gasteiger partial charge in [0.1, 0.15) is 11.6 Å². The maximum atomic E-state index is 13.3. The van der Waals surface area contributed by atoms with Crippen molar-refractivity contribution in [1.82, 2.24) is 10.6 Å². The second-order valence-electron chi connectivity index (χ2n) is 9.62. The van der Waals surface area contributed by atoms with Crippen LogP contribution < -0.4 is 16.4 Å². The number of rotatable bonds is 12. The van der Waals surface area contributed by atoms with Crippen LogP contribution in [0.1, 0.15) is 38.3 Å². The zero-order valence-electron chi connectivity index (χ0n) is 20.1. The molecule has 0 radical (unpaired) electrons. The van der Waals surface area contributed by atoms with E-state index in [1.54, 1.807) is 6.92 Å². The number of Topliss-reactive ketones (excluding diaryl/α,β-unsaturated/α-hetero) is 1. The van der Waals surface area contributed by atoms with E-state index in [1.165, 1.54) is 0 Å². The topological polar surface area (TPSA) is 114 Å². The lowest BCUT2D eigenvalue weighted by molar-refractivity contribution is -0.133. The Morgan fingerprint density at radius 3 is 1.88 bits per heavy atom. The van der Waals surface area contributed by atoms with Crippen molar-refractivity contribution in [3.8, 4) is 0 Å². The third kappa shape index (κ3) is 7.23. The molecule has 0 aromatic heterocycles. The van der Waals surface area contributed by atoms with E-state index in [0.29, 0.717) is 19.4 Å². The molecular weight excluding hydrogens is 430 g/mol. The van der Waals surface area contributed by atoms with Crippen molar-refractivity contribution < 1.29 is 19.1 Å². The van der Waals surface area contributed by atoms with E-state index < -0.39 is 35.5 Å². The fraction of sp³-hybridized carbons (Fsp3) is 0.444. The van der Waals surface area contributed by atoms with Crippen LogP contribution in [-0.4, -0.2) is 47.9 Å². The fourth-order valence-corrected chi connectivity index (χ4v) is 3.89. The van der Waals surface area contributed by atoms with Crippen molar-refractivity contribution in [3.05, 3.63) is 71.8 Å². The van der Waals surface area contributed by atoms with Gasteiger partial charge in [-0.1, -0.05) is 74.5 Å². The molecule has 182 valence electrons. The second kappa shape index (κ2) is 11.4. The summed E-state index contributed by atoms with van der Waals surface area (Å²) in [5, 5.41) is 5.70. The summed E-state index contributed by atoms with van der Waals surface area (Å²) in [4.78, 5) is 39.2. The molecule has 1 heterocycles. The predicted molar refractivity (Wildman–Crippen MR) is 131 cm³/mol. The summed E-state index contributed by atoms with van der Waals surface area (Å²) in [5.41, 5.74) is 7.14. The molecule has 2 aromatic rings. The van der Waals surface area contributed by atoms with E-state index >= 15 is 0 Å². The Morgan fingerprint density at radius 1 is 0.882 bits per heavy atom. The smallest absolute Gasteiger partial charge is 0.243 e. The quantitative estimate of drug-likeness (QED) is 0.416. The normalized spacial score (nSPS) is 19.7. The Balaban J connectivity index is 1.73. The molecule has 34 heavy (non-hydrogen) atoms. The summed E-state index contributed by atoms with van der Waals surface area (Å²) in [6, 6.07) is 16.6. The van der Waals surface area contributed by atoms with Crippen LogP contribution in [0.15, 0.2) is 60.7 Å². The van der Waals surface area contributed by atoms with Crippen LogP contribution in [0, 0.1) is 5.92 Å². The van der Waals surface area contributed by atoms with Crippen LogP contribution in [-0.2, 0) is 32.0 Å². The van der Waals surface area contributed by atoms with Gasteiger partial charge in [0.15, 0.2) is 5.78 Å². The minimum atomic E-state index is -0.868. The molecule has 4 atom stereocenters. The van der Waals surface area contributed by atoms with E-state index in [1.807, 2.05) is 74.5 Å². The number of benzene rings is 2. The number of ether oxygens (including phenoxy) is 1. The Bertz CT molecular complexity index is 974. The van der Waals surface area contributed by atoms with Gasteiger partial charge < -0.3 is 21.1 Å². The lowest BCUT2D eigenvalue weighted by Crippen LogP contribution is -2.56. The van der Waals surface area contributed by atoms with Gasteiger partial charge in [-0.3, -0.25) is 14.4 Å². The Labute approximate surface area is 201 Å². The van der Waals surface area contributed by atoms with E-state index in [0.717, 1.165) is 11.1 Å². The van der Waals surface area contributed by atoms with E-state index in [-0.39, 0.29) is 18.1 Å². The lowest BCUT2D eigenvalue weighted by atomic mass is 9.93. The molecule has 2 amide bonds. The first-order valence-electron chi connectivity index (χ1n) is 11.8. The molecule has 1 fully saturated rings. The number of hydrogen-bond acceptors (Lipinski definition) is 5. The van der Waals surface area contributed by atoms with Gasteiger partial charge in [-0.2, -0.15) is 0 Å². The average molecular weight is 466 g/mol. The van der Waals surface area contributed by atoms with Gasteiger partial charge in [-0.15, -0.1) is 0 Å². The Morgan fingerprint density at radius 2 is 1.38 bits per heavy atom. The van der Waals surface area contributed by atoms with Gasteiger partial charge in [0.25, 0.3) is 0 Å². The number of amides is 2. The summed E-state index contributed by atoms with van der Waals surface area (Å²) >= 11 is 0. The molecule has 1 aliphatic heterocycles. The van der Waals surface area contributed by atoms with Crippen molar-refractivity contribution in [3.63, 3.8) is 0 Å². The average Bonchev–Trinajstić information content (AvgIpc) is 3.57. The zero-order valence-corrected chi connectivity index (χ0v) is 20.1. The zero-order chi connectivity index (χ0) is 24.7. The van der Waals surface area contributed by atoms with Gasteiger partial charge in [-0.05, 0) is 36.8 Å². The molecule has 7 nitrogen and oxygen atoms in total. The molecule has 0 aliphatic carbocycles. The number of hydrogen-bond donors (Lipinski definition) is 3. The van der Waals surface area contributed by atoms with E-state index in [9.17, 15) is 14.4 Å². The SMILES string of the molecule is CC(C)CC(NC(=O)C(Cc1ccccc1)NC(=O)C(N)Cc1ccccc1)C(=O)C1(C)CO1. The third-order valence-electron chi connectivity index (χ3n) is 5.99. The fourth-order valence-electron chi connectivity index (χ4n) is 3.89. The van der Waals surface area contributed by atoms with E-state index in [2.05, 4.69) is 10.6 Å². The highest BCUT2D eigenvalue weighted by molar-refractivity contribution is 5.98. The molecule has 3 rings (SSSR count). The number of carbonyl (C=O) groups excluding carboxylic acids is 3. The van der Waals surface area contributed by atoms with Crippen LogP contribution in [0.5, 0.6) is 0 Å². The van der Waals surface area contributed by atoms with Crippen molar-refractivity contribution in [1.29, 1.82) is 0 Å². The highest BCUT2D eigenvalue weighted by atomic mass is 16.6. The van der Waals surface area contributed by atoms with Gasteiger partial charge >= 0.3 is 0 Å². The molecule has 7 heteroatoms. The summed E-state index contributed by atoms with van der Waals surface area (Å²) < 4.78 is 5.32. The first-order valence-corrected chi connectivity index (χ1v) is 11.8. The molecule has 4 N–H and O–H groups in total. The van der Waals surface area contributed by atoms with Gasteiger partial charge in [0.2, 0.25) is 11.8 Å². The summed E-state index contributed by atoms with van der Waals surface area (Å²) in [7, 11) is 0. The van der Waals surface area contributed by atoms with Crippen molar-refractivity contribution >= 4 is 17.6 Å². The molecule has 0 saturated carbocycles. The minimum Gasteiger partial charge on any atom is -0.361 e. The number of nitrogens with two attached hydrogens (primary N) is 1. The van der Waals surface area contributed by atoms with Crippen molar-refractivity contribution in [2.75, 3.05) is 6.61 Å². The third-order valence-corrected chi connectivity index (χ3v) is 5.99. The first kappa shape index (κ1) is 25.6. The van der Waals surface area contributed by atoms with Crippen molar-refractivity contribution in [2.24, 2.45) is 11.7 Å². The minimum absolute atomic E-state index is 0.139. The number of epoxide rings is 1. The van der Waals surface area contributed by atoms with E-state index in [4.69, 9.17) is 10.5 Å². The summed E-state index contributed by atoms with van der Waals surface area (Å²) in [5.74, 6) is -0.769. The van der Waals surface area contributed by atoms with Crippen LogP contribution in [0.4, 0.5) is 0 Å². The number of nitrogens with one attached hydrogen (secondary N) is 2. The molecule has 0 bridgehead atoms. The Kier molecular flexibility index (Phi) is 8.58. The highest BCUT2D eigenvalue weighted by Gasteiger charge is 2.50. The molecule has 1 aliphatic rings. The van der Waals surface area contributed by atoms with Crippen LogP contribution in [0.3, 0.4) is 0 Å². The summed E-state index contributed by atoms with van der Waals surface area (Å²) in [6.07, 6.45) is 1.13. The maximum absolute atomic E-state index is 13.3.